The van der Waals surface area contributed by atoms with Crippen LogP contribution in [-0.4, -0.2) is 43.0 Å². The molecule has 1 aromatic carbocycles. The van der Waals surface area contributed by atoms with Crippen LogP contribution in [0.3, 0.4) is 0 Å². The third-order valence-corrected chi connectivity index (χ3v) is 5.87. The van der Waals surface area contributed by atoms with Gasteiger partial charge in [0.25, 0.3) is 5.91 Å². The molecule has 1 saturated heterocycles. The fourth-order valence-corrected chi connectivity index (χ4v) is 4.53. The molecule has 6 nitrogen and oxygen atoms in total. The van der Waals surface area contributed by atoms with Gasteiger partial charge < -0.3 is 15.5 Å². The first-order chi connectivity index (χ1) is 12.5. The minimum atomic E-state index is -0.185. The zero-order chi connectivity index (χ0) is 18.3. The molecule has 1 aromatic heterocycles. The highest BCUT2D eigenvalue weighted by Gasteiger charge is 2.33. The molecule has 0 bridgehead atoms. The summed E-state index contributed by atoms with van der Waals surface area (Å²) in [5.74, 6) is 0.193. The van der Waals surface area contributed by atoms with Crippen molar-refractivity contribution in [3.05, 3.63) is 40.6 Å². The SMILES string of the molecule is CC1CN(C)CCC1NC(=O)N1c2ccccc2NC(=O)c2cscc21. The molecule has 7 heteroatoms. The van der Waals surface area contributed by atoms with Crippen molar-refractivity contribution >= 4 is 40.3 Å². The highest BCUT2D eigenvalue weighted by atomic mass is 32.1. The van der Waals surface area contributed by atoms with E-state index in [2.05, 4.69) is 29.5 Å². The van der Waals surface area contributed by atoms with Crippen molar-refractivity contribution in [3.63, 3.8) is 0 Å². The highest BCUT2D eigenvalue weighted by molar-refractivity contribution is 7.08. The van der Waals surface area contributed by atoms with E-state index in [4.69, 9.17) is 0 Å². The number of carbonyl (C=O) groups excluding carboxylic acids is 2. The predicted octanol–water partition coefficient (Wildman–Crippen LogP) is 3.50. The van der Waals surface area contributed by atoms with Gasteiger partial charge in [0.05, 0.1) is 22.6 Å². The zero-order valence-corrected chi connectivity index (χ0v) is 15.7. The van der Waals surface area contributed by atoms with Gasteiger partial charge in [0, 0.05) is 23.3 Å². The summed E-state index contributed by atoms with van der Waals surface area (Å²) in [5, 5.41) is 9.75. The second kappa shape index (κ2) is 6.74. The standard InChI is InChI=1S/C19H22N4O2S/c1-12-9-22(2)8-7-14(12)21-19(25)23-16-6-4-3-5-15(16)20-18(24)13-10-26-11-17(13)23/h3-6,10-12,14H,7-9H2,1-2H3,(H,20,24)(H,21,25). The van der Waals surface area contributed by atoms with Gasteiger partial charge in [0.2, 0.25) is 0 Å². The summed E-state index contributed by atoms with van der Waals surface area (Å²) in [4.78, 5) is 29.7. The van der Waals surface area contributed by atoms with E-state index < -0.39 is 0 Å². The first-order valence-corrected chi connectivity index (χ1v) is 9.74. The summed E-state index contributed by atoms with van der Waals surface area (Å²) in [5.41, 5.74) is 2.50. The number of anilines is 3. The highest BCUT2D eigenvalue weighted by Crippen LogP contribution is 2.39. The molecule has 2 aromatic rings. The van der Waals surface area contributed by atoms with Gasteiger partial charge in [-0.05, 0) is 38.1 Å². The quantitative estimate of drug-likeness (QED) is 0.807. The third-order valence-electron chi connectivity index (χ3n) is 5.14. The Morgan fingerprint density at radius 1 is 1.27 bits per heavy atom. The summed E-state index contributed by atoms with van der Waals surface area (Å²) >= 11 is 1.42. The minimum absolute atomic E-state index is 0.125. The average Bonchev–Trinajstić information content (AvgIpc) is 3.04. The first kappa shape index (κ1) is 17.1. The Labute approximate surface area is 156 Å². The van der Waals surface area contributed by atoms with Crippen molar-refractivity contribution in [2.45, 2.75) is 19.4 Å². The Bertz CT molecular complexity index is 850. The number of likely N-dealkylation sites (tertiary alicyclic amines) is 1. The van der Waals surface area contributed by atoms with Gasteiger partial charge in [-0.1, -0.05) is 19.1 Å². The van der Waals surface area contributed by atoms with Crippen LogP contribution in [0.4, 0.5) is 21.9 Å². The number of para-hydroxylation sites is 2. The maximum absolute atomic E-state index is 13.2. The Morgan fingerprint density at radius 3 is 2.88 bits per heavy atom. The van der Waals surface area contributed by atoms with Crippen molar-refractivity contribution in [2.24, 2.45) is 5.92 Å². The molecular weight excluding hydrogens is 348 g/mol. The van der Waals surface area contributed by atoms with E-state index in [1.807, 2.05) is 29.6 Å². The molecule has 2 N–H and O–H groups in total. The monoisotopic (exact) mass is 370 g/mol. The van der Waals surface area contributed by atoms with E-state index >= 15 is 0 Å². The van der Waals surface area contributed by atoms with Gasteiger partial charge in [-0.3, -0.25) is 9.69 Å². The van der Waals surface area contributed by atoms with Gasteiger partial charge in [-0.2, -0.15) is 0 Å². The molecule has 0 saturated carbocycles. The van der Waals surface area contributed by atoms with Crippen LogP contribution in [0, 0.1) is 5.92 Å². The van der Waals surface area contributed by atoms with Gasteiger partial charge in [0.1, 0.15) is 0 Å². The second-order valence-corrected chi connectivity index (χ2v) is 7.81. The van der Waals surface area contributed by atoms with E-state index in [0.717, 1.165) is 19.5 Å². The molecule has 3 amide bonds. The van der Waals surface area contributed by atoms with Crippen LogP contribution in [-0.2, 0) is 0 Å². The molecule has 0 aliphatic carbocycles. The zero-order valence-electron chi connectivity index (χ0n) is 14.9. The van der Waals surface area contributed by atoms with Crippen LogP contribution in [0.2, 0.25) is 0 Å². The number of carbonyl (C=O) groups is 2. The third kappa shape index (κ3) is 2.97. The van der Waals surface area contributed by atoms with Crippen LogP contribution in [0.25, 0.3) is 0 Å². The Morgan fingerprint density at radius 2 is 2.08 bits per heavy atom. The summed E-state index contributed by atoms with van der Waals surface area (Å²) in [6.45, 7) is 4.10. The number of urea groups is 1. The summed E-state index contributed by atoms with van der Waals surface area (Å²) < 4.78 is 0. The van der Waals surface area contributed by atoms with Crippen LogP contribution >= 0.6 is 11.3 Å². The molecule has 0 spiro atoms. The average molecular weight is 370 g/mol. The van der Waals surface area contributed by atoms with Gasteiger partial charge in [-0.25, -0.2) is 4.79 Å². The lowest BCUT2D eigenvalue weighted by Crippen LogP contribution is -2.51. The largest absolute Gasteiger partial charge is 0.334 e. The Balaban J connectivity index is 1.68. The lowest BCUT2D eigenvalue weighted by molar-refractivity contribution is 0.102. The van der Waals surface area contributed by atoms with Crippen LogP contribution in [0.15, 0.2) is 35.0 Å². The number of piperidine rings is 1. The van der Waals surface area contributed by atoms with Gasteiger partial charge >= 0.3 is 6.03 Å². The van der Waals surface area contributed by atoms with E-state index in [0.29, 0.717) is 28.5 Å². The molecule has 2 unspecified atom stereocenters. The number of rotatable bonds is 1. The lowest BCUT2D eigenvalue weighted by atomic mass is 9.94. The number of fused-ring (bicyclic) bond motifs is 2. The van der Waals surface area contributed by atoms with Crippen molar-refractivity contribution in [1.29, 1.82) is 0 Å². The fourth-order valence-electron chi connectivity index (χ4n) is 3.74. The molecule has 1 fully saturated rings. The number of thiophene rings is 1. The Hall–Kier alpha value is -2.38. The molecule has 2 aliphatic heterocycles. The molecular formula is C19H22N4O2S. The topological polar surface area (TPSA) is 64.7 Å². The second-order valence-electron chi connectivity index (χ2n) is 7.06. The maximum Gasteiger partial charge on any atom is 0.326 e. The normalized spacial score (nSPS) is 22.8. The summed E-state index contributed by atoms with van der Waals surface area (Å²) in [6.07, 6.45) is 0.923. The van der Waals surface area contributed by atoms with E-state index in [1.54, 1.807) is 10.3 Å². The van der Waals surface area contributed by atoms with Crippen molar-refractivity contribution in [2.75, 3.05) is 30.4 Å². The van der Waals surface area contributed by atoms with E-state index in [9.17, 15) is 9.59 Å². The fraction of sp³-hybridized carbons (Fsp3) is 0.368. The van der Waals surface area contributed by atoms with Gasteiger partial charge in [-0.15, -0.1) is 11.3 Å². The van der Waals surface area contributed by atoms with Crippen molar-refractivity contribution < 1.29 is 9.59 Å². The van der Waals surface area contributed by atoms with Crippen LogP contribution in [0.5, 0.6) is 0 Å². The number of amides is 3. The summed E-state index contributed by atoms with van der Waals surface area (Å²) in [6, 6.07) is 7.35. The molecule has 3 heterocycles. The Kier molecular flexibility index (Phi) is 4.42. The number of nitrogens with one attached hydrogen (secondary N) is 2. The molecule has 2 aliphatic rings. The van der Waals surface area contributed by atoms with Gasteiger partial charge in [0.15, 0.2) is 0 Å². The number of benzene rings is 1. The van der Waals surface area contributed by atoms with Crippen molar-refractivity contribution in [1.82, 2.24) is 10.2 Å². The van der Waals surface area contributed by atoms with Crippen LogP contribution in [0.1, 0.15) is 23.7 Å². The van der Waals surface area contributed by atoms with E-state index in [-0.39, 0.29) is 18.0 Å². The maximum atomic E-state index is 13.2. The number of hydrogen-bond donors (Lipinski definition) is 2. The molecule has 4 rings (SSSR count). The van der Waals surface area contributed by atoms with Crippen molar-refractivity contribution in [3.8, 4) is 0 Å². The lowest BCUT2D eigenvalue weighted by Gasteiger charge is -2.36. The minimum Gasteiger partial charge on any atom is -0.334 e. The molecule has 26 heavy (non-hydrogen) atoms. The molecule has 0 radical (unpaired) electrons. The number of nitrogens with zero attached hydrogens (tertiary/aromatic N) is 2. The summed E-state index contributed by atoms with van der Waals surface area (Å²) in [7, 11) is 2.11. The number of hydrogen-bond acceptors (Lipinski definition) is 4. The smallest absolute Gasteiger partial charge is 0.326 e. The first-order valence-electron chi connectivity index (χ1n) is 8.80. The van der Waals surface area contributed by atoms with Crippen LogP contribution < -0.4 is 15.5 Å². The molecule has 136 valence electrons. The predicted molar refractivity (Wildman–Crippen MR) is 104 cm³/mol. The van der Waals surface area contributed by atoms with E-state index in [1.165, 1.54) is 11.3 Å². The molecule has 2 atom stereocenters.